The maximum atomic E-state index is 13.1. The standard InChI is InChI=1S/C63H110O12/c1-4-7-10-13-16-19-22-24-26-27-28-29-31-33-36-39-42-45-48-51-57(66)74-61-59(68)58(67)60(62(69)70)75-63(61)72-53-54(73-56(65)50-47-44-41-38-34-21-18-15-12-9-6-3)52-71-55(64)49-46-43-40-37-35-32-30-25-23-20-17-14-11-8-5-2/h8,11,15,17-18,20,25,30,54,58-61,63,67-68H,4-7,9-10,12-14,16,19,21-24,26-29,31-53H2,1-3H3,(H,69,70)/b11-8-,18-15-,20-17-,30-25-. The lowest BCUT2D eigenvalue weighted by Crippen LogP contribution is -2.61. The summed E-state index contributed by atoms with van der Waals surface area (Å²) in [7, 11) is 0. The minimum absolute atomic E-state index is 0.0622. The highest BCUT2D eigenvalue weighted by molar-refractivity contribution is 5.74. The van der Waals surface area contributed by atoms with Gasteiger partial charge < -0.3 is 39.0 Å². The Morgan fingerprint density at radius 3 is 1.33 bits per heavy atom. The molecule has 0 aliphatic carbocycles. The molecule has 434 valence electrons. The first-order chi connectivity index (χ1) is 36.6. The quantitative estimate of drug-likeness (QED) is 0.0228. The summed E-state index contributed by atoms with van der Waals surface area (Å²) in [5.41, 5.74) is 0. The first-order valence-electron chi connectivity index (χ1n) is 30.6. The van der Waals surface area contributed by atoms with E-state index >= 15 is 0 Å². The molecule has 3 N–H and O–H groups in total. The zero-order valence-corrected chi connectivity index (χ0v) is 47.8. The SMILES string of the molecule is CC/C=C\C/C=C\C/C=C\CCCCCCCC(=O)OCC(COC1OC(C(=O)O)C(O)C(O)C1OC(=O)CCCCCCCCCCCCCCCCCCCCC)OC(=O)CCCCCCC/C=C\CCCC. The number of aliphatic hydroxyl groups excluding tert-OH is 2. The van der Waals surface area contributed by atoms with Crippen LogP contribution in [0.5, 0.6) is 0 Å². The first kappa shape index (κ1) is 69.7. The Kier molecular flexibility index (Phi) is 47.8. The molecule has 6 unspecified atom stereocenters. The van der Waals surface area contributed by atoms with Crippen molar-refractivity contribution < 1.29 is 58.2 Å². The van der Waals surface area contributed by atoms with E-state index in [1.54, 1.807) is 0 Å². The van der Waals surface area contributed by atoms with Gasteiger partial charge in [-0.05, 0) is 70.6 Å². The fourth-order valence-electron chi connectivity index (χ4n) is 9.19. The van der Waals surface area contributed by atoms with Crippen LogP contribution in [0.15, 0.2) is 48.6 Å². The molecule has 1 aliphatic rings. The smallest absolute Gasteiger partial charge is 0.335 e. The van der Waals surface area contributed by atoms with E-state index in [0.717, 1.165) is 116 Å². The maximum absolute atomic E-state index is 13.1. The Hall–Kier alpha value is -3.32. The molecule has 0 aromatic carbocycles. The third kappa shape index (κ3) is 41.5. The van der Waals surface area contributed by atoms with Crippen LogP contribution in [0, 0.1) is 0 Å². The number of aliphatic hydroxyl groups is 2. The monoisotopic (exact) mass is 1060 g/mol. The molecule has 1 heterocycles. The van der Waals surface area contributed by atoms with E-state index in [0.29, 0.717) is 19.3 Å². The molecule has 0 bridgehead atoms. The van der Waals surface area contributed by atoms with Gasteiger partial charge in [0, 0.05) is 19.3 Å². The van der Waals surface area contributed by atoms with Crippen molar-refractivity contribution in [3.05, 3.63) is 48.6 Å². The number of esters is 3. The molecule has 0 aromatic rings. The van der Waals surface area contributed by atoms with Crippen molar-refractivity contribution in [1.29, 1.82) is 0 Å². The van der Waals surface area contributed by atoms with Gasteiger partial charge in [-0.3, -0.25) is 14.4 Å². The van der Waals surface area contributed by atoms with Crippen LogP contribution in [0.1, 0.15) is 278 Å². The molecule has 0 radical (unpaired) electrons. The van der Waals surface area contributed by atoms with Crippen LogP contribution in [0.25, 0.3) is 0 Å². The fourth-order valence-corrected chi connectivity index (χ4v) is 9.19. The summed E-state index contributed by atoms with van der Waals surface area (Å²) < 4.78 is 28.4. The van der Waals surface area contributed by atoms with Gasteiger partial charge in [0.25, 0.3) is 0 Å². The lowest BCUT2D eigenvalue weighted by Gasteiger charge is -2.40. The number of ether oxygens (including phenoxy) is 5. The molecular weight excluding hydrogens is 949 g/mol. The van der Waals surface area contributed by atoms with Crippen LogP contribution < -0.4 is 0 Å². The van der Waals surface area contributed by atoms with Crippen molar-refractivity contribution in [2.24, 2.45) is 0 Å². The molecule has 6 atom stereocenters. The van der Waals surface area contributed by atoms with Crippen molar-refractivity contribution in [3.63, 3.8) is 0 Å². The van der Waals surface area contributed by atoms with Gasteiger partial charge in [-0.2, -0.15) is 0 Å². The van der Waals surface area contributed by atoms with Gasteiger partial charge in [0.2, 0.25) is 0 Å². The Morgan fingerprint density at radius 2 is 0.853 bits per heavy atom. The molecule has 1 fully saturated rings. The maximum Gasteiger partial charge on any atom is 0.335 e. The Balaban J connectivity index is 2.64. The predicted octanol–water partition coefficient (Wildman–Crippen LogP) is 15.8. The zero-order valence-electron chi connectivity index (χ0n) is 47.8. The second-order valence-corrected chi connectivity index (χ2v) is 21.0. The largest absolute Gasteiger partial charge is 0.479 e. The number of hydrogen-bond acceptors (Lipinski definition) is 11. The lowest BCUT2D eigenvalue weighted by atomic mass is 9.98. The molecule has 0 saturated carbocycles. The van der Waals surface area contributed by atoms with Crippen LogP contribution in [0.3, 0.4) is 0 Å². The van der Waals surface area contributed by atoms with E-state index in [4.69, 9.17) is 23.7 Å². The van der Waals surface area contributed by atoms with Gasteiger partial charge in [0.15, 0.2) is 24.6 Å². The van der Waals surface area contributed by atoms with Gasteiger partial charge in [0.1, 0.15) is 18.8 Å². The van der Waals surface area contributed by atoms with E-state index in [9.17, 15) is 34.5 Å². The molecular formula is C63H110O12. The van der Waals surface area contributed by atoms with Crippen LogP contribution in [-0.2, 0) is 42.9 Å². The number of carbonyl (C=O) groups excluding carboxylic acids is 3. The average molecular weight is 1060 g/mol. The molecule has 0 spiro atoms. The summed E-state index contributed by atoms with van der Waals surface area (Å²) in [6, 6.07) is 0. The Morgan fingerprint density at radius 1 is 0.453 bits per heavy atom. The van der Waals surface area contributed by atoms with Gasteiger partial charge in [-0.25, -0.2) is 4.79 Å². The number of aliphatic carboxylic acids is 1. The molecule has 1 saturated heterocycles. The van der Waals surface area contributed by atoms with Crippen molar-refractivity contribution >= 4 is 23.9 Å². The normalized spacial score (nSPS) is 18.4. The molecule has 1 aliphatic heterocycles. The lowest BCUT2D eigenvalue weighted by molar-refractivity contribution is -0.301. The molecule has 12 nitrogen and oxygen atoms in total. The van der Waals surface area contributed by atoms with Crippen molar-refractivity contribution in [1.82, 2.24) is 0 Å². The van der Waals surface area contributed by atoms with Crippen LogP contribution in [0.4, 0.5) is 0 Å². The summed E-state index contributed by atoms with van der Waals surface area (Å²) in [5.74, 6) is -3.13. The highest BCUT2D eigenvalue weighted by Gasteiger charge is 2.50. The number of allylic oxidation sites excluding steroid dienone is 8. The number of carbonyl (C=O) groups is 4. The van der Waals surface area contributed by atoms with Crippen molar-refractivity contribution in [2.45, 2.75) is 314 Å². The third-order valence-electron chi connectivity index (χ3n) is 13.9. The summed E-state index contributed by atoms with van der Waals surface area (Å²) in [4.78, 5) is 51.1. The van der Waals surface area contributed by atoms with Gasteiger partial charge >= 0.3 is 23.9 Å². The minimum atomic E-state index is -1.90. The highest BCUT2D eigenvalue weighted by Crippen LogP contribution is 2.27. The third-order valence-corrected chi connectivity index (χ3v) is 13.9. The topological polar surface area (TPSA) is 175 Å². The number of carboxylic acid groups (broad SMARTS) is 1. The van der Waals surface area contributed by atoms with Crippen molar-refractivity contribution in [2.75, 3.05) is 13.2 Å². The minimum Gasteiger partial charge on any atom is -0.479 e. The van der Waals surface area contributed by atoms with E-state index < -0.39 is 67.3 Å². The number of rotatable bonds is 52. The summed E-state index contributed by atoms with van der Waals surface area (Å²) >= 11 is 0. The predicted molar refractivity (Wildman–Crippen MR) is 303 cm³/mol. The first-order valence-corrected chi connectivity index (χ1v) is 30.6. The number of unbranched alkanes of at least 4 members (excludes halogenated alkanes) is 30. The zero-order chi connectivity index (χ0) is 54.7. The molecule has 1 rings (SSSR count). The number of hydrogen-bond donors (Lipinski definition) is 3. The molecule has 12 heteroatoms. The van der Waals surface area contributed by atoms with E-state index in [1.165, 1.54) is 103 Å². The number of carboxylic acids is 1. The Bertz CT molecular complexity index is 1490. The van der Waals surface area contributed by atoms with Gasteiger partial charge in [-0.1, -0.05) is 236 Å². The summed E-state index contributed by atoms with van der Waals surface area (Å²) in [5, 5.41) is 31.5. The average Bonchev–Trinajstić information content (AvgIpc) is 3.39. The van der Waals surface area contributed by atoms with Gasteiger partial charge in [-0.15, -0.1) is 0 Å². The second kappa shape index (κ2) is 51.4. The summed E-state index contributed by atoms with van der Waals surface area (Å²) in [6.07, 6.45) is 49.4. The molecule has 75 heavy (non-hydrogen) atoms. The summed E-state index contributed by atoms with van der Waals surface area (Å²) in [6.45, 7) is 5.84. The van der Waals surface area contributed by atoms with Gasteiger partial charge in [0.05, 0.1) is 6.61 Å². The second-order valence-electron chi connectivity index (χ2n) is 21.0. The molecule has 0 amide bonds. The van der Waals surface area contributed by atoms with Crippen LogP contribution in [-0.4, -0.2) is 89.2 Å². The molecule has 0 aromatic heterocycles. The van der Waals surface area contributed by atoms with Crippen molar-refractivity contribution in [3.8, 4) is 0 Å². The van der Waals surface area contributed by atoms with E-state index in [-0.39, 0.29) is 25.9 Å². The van der Waals surface area contributed by atoms with Crippen LogP contribution in [0.2, 0.25) is 0 Å². The van der Waals surface area contributed by atoms with E-state index in [1.807, 2.05) is 0 Å². The van der Waals surface area contributed by atoms with E-state index in [2.05, 4.69) is 69.4 Å². The highest BCUT2D eigenvalue weighted by atomic mass is 16.7. The Labute approximate surface area is 456 Å². The fraction of sp³-hybridized carbons (Fsp3) is 0.810. The van der Waals surface area contributed by atoms with Crippen LogP contribution >= 0.6 is 0 Å².